The van der Waals surface area contributed by atoms with Crippen molar-refractivity contribution in [3.05, 3.63) is 42.0 Å². The highest BCUT2D eigenvalue weighted by Crippen LogP contribution is 2.37. The highest BCUT2D eigenvalue weighted by Gasteiger charge is 2.31. The normalized spacial score (nSPS) is 21.7. The molecular weight excluding hydrogens is 248 g/mol. The number of nitrogens with one attached hydrogen (secondary N) is 1. The van der Waals surface area contributed by atoms with Crippen LogP contribution in [0.25, 0.3) is 10.8 Å². The Morgan fingerprint density at radius 3 is 2.85 bits per heavy atom. The van der Waals surface area contributed by atoms with E-state index in [9.17, 15) is 4.79 Å². The zero-order chi connectivity index (χ0) is 13.5. The molecule has 3 nitrogen and oxygen atoms in total. The van der Waals surface area contributed by atoms with E-state index in [4.69, 9.17) is 0 Å². The molecule has 1 amide bonds. The van der Waals surface area contributed by atoms with Gasteiger partial charge in [-0.25, -0.2) is 0 Å². The molecule has 0 spiro atoms. The number of carbonyl (C=O) groups is 1. The van der Waals surface area contributed by atoms with Crippen LogP contribution in [-0.4, -0.2) is 25.5 Å². The first kappa shape index (κ1) is 11.9. The fraction of sp³-hybridized carbons (Fsp3) is 0.353. The van der Waals surface area contributed by atoms with Crippen LogP contribution in [0.2, 0.25) is 0 Å². The molecule has 1 saturated heterocycles. The van der Waals surface area contributed by atoms with Crippen molar-refractivity contribution in [2.75, 3.05) is 24.5 Å². The van der Waals surface area contributed by atoms with Crippen LogP contribution in [0.3, 0.4) is 0 Å². The number of piperidine rings is 1. The summed E-state index contributed by atoms with van der Waals surface area (Å²) in [4.78, 5) is 14.6. The molecule has 0 aliphatic carbocycles. The van der Waals surface area contributed by atoms with Gasteiger partial charge in [-0.15, -0.1) is 0 Å². The lowest BCUT2D eigenvalue weighted by Crippen LogP contribution is -2.39. The third-order valence-corrected chi connectivity index (χ3v) is 4.49. The average molecular weight is 266 g/mol. The third-order valence-electron chi connectivity index (χ3n) is 4.49. The van der Waals surface area contributed by atoms with Crippen LogP contribution in [0.5, 0.6) is 0 Å². The molecule has 0 bridgehead atoms. The second kappa shape index (κ2) is 4.60. The van der Waals surface area contributed by atoms with Crippen molar-refractivity contribution >= 4 is 22.4 Å². The Morgan fingerprint density at radius 2 is 2.05 bits per heavy atom. The molecule has 1 atom stereocenters. The molecule has 2 aromatic carbocycles. The van der Waals surface area contributed by atoms with Crippen molar-refractivity contribution in [2.45, 2.75) is 12.8 Å². The molecule has 2 aliphatic rings. The lowest BCUT2D eigenvalue weighted by Gasteiger charge is -2.28. The molecule has 0 saturated carbocycles. The van der Waals surface area contributed by atoms with E-state index in [-0.39, 0.29) is 5.91 Å². The highest BCUT2D eigenvalue weighted by atomic mass is 16.2. The molecule has 3 heteroatoms. The zero-order valence-corrected chi connectivity index (χ0v) is 11.4. The fourth-order valence-electron chi connectivity index (χ4n) is 3.50. The van der Waals surface area contributed by atoms with E-state index < -0.39 is 0 Å². The first-order chi connectivity index (χ1) is 9.84. The minimum atomic E-state index is 0.169. The van der Waals surface area contributed by atoms with Crippen LogP contribution in [-0.2, 0) is 0 Å². The Bertz CT molecular complexity index is 668. The van der Waals surface area contributed by atoms with Gasteiger partial charge in [-0.1, -0.05) is 24.3 Å². The topological polar surface area (TPSA) is 32.3 Å². The van der Waals surface area contributed by atoms with Gasteiger partial charge in [-0.2, -0.15) is 0 Å². The van der Waals surface area contributed by atoms with Crippen molar-refractivity contribution in [3.8, 4) is 0 Å². The largest absolute Gasteiger partial charge is 0.316 e. The van der Waals surface area contributed by atoms with E-state index >= 15 is 0 Å². The zero-order valence-electron chi connectivity index (χ0n) is 11.4. The van der Waals surface area contributed by atoms with E-state index in [1.54, 1.807) is 0 Å². The number of rotatable bonds is 2. The Hall–Kier alpha value is -1.87. The molecule has 20 heavy (non-hydrogen) atoms. The van der Waals surface area contributed by atoms with E-state index in [1.165, 1.54) is 12.8 Å². The number of anilines is 1. The van der Waals surface area contributed by atoms with Crippen molar-refractivity contribution in [1.29, 1.82) is 0 Å². The van der Waals surface area contributed by atoms with Crippen molar-refractivity contribution in [3.63, 3.8) is 0 Å². The maximum Gasteiger partial charge on any atom is 0.259 e. The summed E-state index contributed by atoms with van der Waals surface area (Å²) in [6.45, 7) is 2.97. The van der Waals surface area contributed by atoms with E-state index in [0.717, 1.165) is 41.7 Å². The lowest BCUT2D eigenvalue weighted by molar-refractivity contribution is 0.0987. The van der Waals surface area contributed by atoms with Gasteiger partial charge < -0.3 is 10.2 Å². The van der Waals surface area contributed by atoms with E-state index in [0.29, 0.717) is 5.92 Å². The molecule has 2 heterocycles. The summed E-state index contributed by atoms with van der Waals surface area (Å²) in [5, 5.41) is 5.72. The van der Waals surface area contributed by atoms with Gasteiger partial charge in [0.2, 0.25) is 0 Å². The number of amides is 1. The summed E-state index contributed by atoms with van der Waals surface area (Å²) in [7, 11) is 0. The quantitative estimate of drug-likeness (QED) is 0.906. The summed E-state index contributed by atoms with van der Waals surface area (Å²) >= 11 is 0. The van der Waals surface area contributed by atoms with Gasteiger partial charge in [0.25, 0.3) is 5.91 Å². The summed E-state index contributed by atoms with van der Waals surface area (Å²) in [6.07, 6.45) is 2.42. The minimum Gasteiger partial charge on any atom is -0.316 e. The molecule has 0 radical (unpaired) electrons. The number of benzene rings is 2. The van der Waals surface area contributed by atoms with Crippen LogP contribution in [0.4, 0.5) is 5.69 Å². The van der Waals surface area contributed by atoms with Crippen LogP contribution in [0.15, 0.2) is 36.4 Å². The SMILES string of the molecule is O=C1c2cccc3cccc(c23)N1CC1CCCNC1. The van der Waals surface area contributed by atoms with Gasteiger partial charge >= 0.3 is 0 Å². The van der Waals surface area contributed by atoms with Gasteiger partial charge in [0, 0.05) is 17.5 Å². The summed E-state index contributed by atoms with van der Waals surface area (Å²) in [5.74, 6) is 0.736. The second-order valence-electron chi connectivity index (χ2n) is 5.81. The van der Waals surface area contributed by atoms with Crippen molar-refractivity contribution in [2.24, 2.45) is 5.92 Å². The number of hydrogen-bond acceptors (Lipinski definition) is 2. The molecular formula is C17H18N2O. The maximum atomic E-state index is 12.7. The van der Waals surface area contributed by atoms with Gasteiger partial charge in [-0.3, -0.25) is 4.79 Å². The summed E-state index contributed by atoms with van der Waals surface area (Å²) in [5.41, 5.74) is 1.95. The van der Waals surface area contributed by atoms with Crippen molar-refractivity contribution in [1.82, 2.24) is 5.32 Å². The van der Waals surface area contributed by atoms with Crippen LogP contribution in [0.1, 0.15) is 23.2 Å². The van der Waals surface area contributed by atoms with Gasteiger partial charge in [0.1, 0.15) is 0 Å². The number of hydrogen-bond donors (Lipinski definition) is 1. The Kier molecular flexibility index (Phi) is 2.74. The maximum absolute atomic E-state index is 12.7. The smallest absolute Gasteiger partial charge is 0.259 e. The van der Waals surface area contributed by atoms with Crippen LogP contribution in [0, 0.1) is 5.92 Å². The molecule has 102 valence electrons. The minimum absolute atomic E-state index is 0.169. The molecule has 2 aromatic rings. The Labute approximate surface area is 118 Å². The molecule has 1 unspecified atom stereocenters. The van der Waals surface area contributed by atoms with Gasteiger partial charge in [-0.05, 0) is 49.4 Å². The predicted octanol–water partition coefficient (Wildman–Crippen LogP) is 2.80. The lowest BCUT2D eigenvalue weighted by atomic mass is 9.99. The molecule has 0 aromatic heterocycles. The number of carbonyl (C=O) groups excluding carboxylic acids is 1. The average Bonchev–Trinajstić information content (AvgIpc) is 2.77. The first-order valence-electron chi connectivity index (χ1n) is 7.39. The van der Waals surface area contributed by atoms with Gasteiger partial charge in [0.05, 0.1) is 5.69 Å². The van der Waals surface area contributed by atoms with Crippen LogP contribution < -0.4 is 10.2 Å². The Balaban J connectivity index is 1.73. The summed E-state index contributed by atoms with van der Waals surface area (Å²) < 4.78 is 0. The molecule has 2 aliphatic heterocycles. The molecule has 4 rings (SSSR count). The van der Waals surface area contributed by atoms with E-state index in [1.807, 2.05) is 23.1 Å². The van der Waals surface area contributed by atoms with Crippen molar-refractivity contribution < 1.29 is 4.79 Å². The molecule has 1 fully saturated rings. The van der Waals surface area contributed by atoms with Gasteiger partial charge in [0.15, 0.2) is 0 Å². The van der Waals surface area contributed by atoms with Crippen LogP contribution >= 0.6 is 0 Å². The van der Waals surface area contributed by atoms with E-state index in [2.05, 4.69) is 23.5 Å². The summed E-state index contributed by atoms with van der Waals surface area (Å²) in [6, 6.07) is 12.2. The third kappa shape index (κ3) is 1.74. The monoisotopic (exact) mass is 266 g/mol. The predicted molar refractivity (Wildman–Crippen MR) is 81.2 cm³/mol. The highest BCUT2D eigenvalue weighted by molar-refractivity contribution is 6.25. The fourth-order valence-corrected chi connectivity index (χ4v) is 3.50. The number of nitrogens with zero attached hydrogens (tertiary/aromatic N) is 1. The first-order valence-corrected chi connectivity index (χ1v) is 7.39. The Morgan fingerprint density at radius 1 is 1.20 bits per heavy atom. The second-order valence-corrected chi connectivity index (χ2v) is 5.81. The standard InChI is InChI=1S/C17H18N2O/c20-17-14-7-1-5-13-6-2-8-15(16(13)14)19(17)11-12-4-3-9-18-10-12/h1-2,5-8,12,18H,3-4,9-11H2. The molecule has 1 N–H and O–H groups in total.